The van der Waals surface area contributed by atoms with Crippen molar-refractivity contribution in [2.45, 2.75) is 0 Å². The second-order valence-corrected chi connectivity index (χ2v) is 1.64. The van der Waals surface area contributed by atoms with Crippen LogP contribution in [0.25, 0.3) is 0 Å². The van der Waals surface area contributed by atoms with E-state index in [0.29, 0.717) is 12.5 Å². The van der Waals surface area contributed by atoms with E-state index in [1.165, 1.54) is 0 Å². The summed E-state index contributed by atoms with van der Waals surface area (Å²) in [7, 11) is 0. The molecule has 1 aliphatic heterocycles. The van der Waals surface area contributed by atoms with Gasteiger partial charge in [0.05, 0.1) is 0 Å². The lowest BCUT2D eigenvalue weighted by Gasteiger charge is -2.21. The summed E-state index contributed by atoms with van der Waals surface area (Å²) in [6, 6.07) is 0. The molecule has 1 rings (SSSR count). The van der Waals surface area contributed by atoms with Gasteiger partial charge < -0.3 is 5.11 Å². The highest BCUT2D eigenvalue weighted by molar-refractivity contribution is 4.71. The molecule has 1 heterocycles. The first-order valence-corrected chi connectivity index (χ1v) is 2.17. The largest absolute Gasteiger partial charge is 0.396 e. The van der Waals surface area contributed by atoms with Crippen molar-refractivity contribution >= 4 is 0 Å². The average Bonchev–Trinajstić information content (AvgIpc) is 1.31. The summed E-state index contributed by atoms with van der Waals surface area (Å²) in [5, 5.41) is 12.2. The van der Waals surface area contributed by atoms with Gasteiger partial charge in [-0.05, 0) is 0 Å². The van der Waals surface area contributed by atoms with E-state index in [2.05, 4.69) is 5.32 Å². The van der Waals surface area contributed by atoms with Crippen LogP contribution in [0.5, 0.6) is 0 Å². The molecule has 0 saturated carbocycles. The van der Waals surface area contributed by atoms with Crippen molar-refractivity contribution in [1.82, 2.24) is 5.32 Å². The van der Waals surface area contributed by atoms with Crippen molar-refractivity contribution in [3.63, 3.8) is 0 Å². The Morgan fingerprint density at radius 3 is 2.33 bits per heavy atom. The summed E-state index contributed by atoms with van der Waals surface area (Å²) in [6.07, 6.45) is 0. The van der Waals surface area contributed by atoms with Gasteiger partial charge in [-0.25, -0.2) is 5.32 Å². The van der Waals surface area contributed by atoms with Gasteiger partial charge in [-0.2, -0.15) is 0 Å². The molecule has 1 aliphatic rings. The number of hydrogen-bond acceptors (Lipinski definition) is 1. The van der Waals surface area contributed by atoms with Crippen molar-refractivity contribution in [3.05, 3.63) is 0 Å². The minimum Gasteiger partial charge on any atom is -0.396 e. The van der Waals surface area contributed by atoms with Crippen LogP contribution < -0.4 is 5.32 Å². The minimum atomic E-state index is 0.323. The molecule has 6 heavy (non-hydrogen) atoms. The molecule has 0 spiro atoms. The fourth-order valence-electron chi connectivity index (χ4n) is 0.427. The maximum absolute atomic E-state index is 8.33. The number of nitrogens with zero attached hydrogens (tertiary/aromatic N) is 1. The molecule has 2 heteroatoms. The molecule has 1 saturated heterocycles. The number of aliphatic hydroxyl groups excluding tert-OH is 1. The monoisotopic (exact) mass is 86.1 g/mol. The maximum Gasteiger partial charge on any atom is 0.0484 e. The van der Waals surface area contributed by atoms with Crippen LogP contribution in [-0.2, 0) is 0 Å². The van der Waals surface area contributed by atoms with Crippen LogP contribution in [0.4, 0.5) is 0 Å². The first kappa shape index (κ1) is 4.09. The fraction of sp³-hybridized carbons (Fsp3) is 1.00. The minimum absolute atomic E-state index is 0.323. The Kier molecular flexibility index (Phi) is 1.08. The third-order valence-electron chi connectivity index (χ3n) is 1.03. The zero-order valence-corrected chi connectivity index (χ0v) is 3.59. The van der Waals surface area contributed by atoms with E-state index < -0.39 is 0 Å². The van der Waals surface area contributed by atoms with Crippen molar-refractivity contribution in [1.29, 1.82) is 0 Å². The highest BCUT2D eigenvalue weighted by Crippen LogP contribution is 2.00. The summed E-state index contributed by atoms with van der Waals surface area (Å²) < 4.78 is 0. The van der Waals surface area contributed by atoms with E-state index >= 15 is 0 Å². The van der Waals surface area contributed by atoms with Crippen molar-refractivity contribution in [2.75, 3.05) is 19.7 Å². The van der Waals surface area contributed by atoms with Gasteiger partial charge in [-0.1, -0.05) is 0 Å². The Balaban J connectivity index is 2.01. The van der Waals surface area contributed by atoms with Crippen LogP contribution in [0.15, 0.2) is 0 Å². The summed E-state index contributed by atoms with van der Waals surface area (Å²) in [4.78, 5) is 0. The Morgan fingerprint density at radius 1 is 1.67 bits per heavy atom. The first-order chi connectivity index (χ1) is 2.93. The number of rotatable bonds is 1. The predicted molar refractivity (Wildman–Crippen MR) is 22.4 cm³/mol. The molecule has 1 N–H and O–H groups in total. The van der Waals surface area contributed by atoms with Crippen molar-refractivity contribution < 1.29 is 5.11 Å². The molecule has 0 aromatic rings. The smallest absolute Gasteiger partial charge is 0.0484 e. The van der Waals surface area contributed by atoms with Gasteiger partial charge in [-0.3, -0.25) is 0 Å². The molecule has 0 aromatic heterocycles. The summed E-state index contributed by atoms with van der Waals surface area (Å²) in [5.74, 6) is 0.505. The molecule has 0 bridgehead atoms. The molecule has 0 aromatic carbocycles. The molecule has 35 valence electrons. The highest BCUT2D eigenvalue weighted by Gasteiger charge is 2.15. The van der Waals surface area contributed by atoms with Crippen LogP contribution >= 0.6 is 0 Å². The number of hydrogen-bond donors (Lipinski definition) is 1. The Hall–Kier alpha value is -0.0800. The quantitative estimate of drug-likeness (QED) is 0.446. The Bertz CT molecular complexity index is 40.1. The predicted octanol–water partition coefficient (Wildman–Crippen LogP) is -0.787. The highest BCUT2D eigenvalue weighted by atomic mass is 16.3. The van der Waals surface area contributed by atoms with Crippen LogP contribution in [0.2, 0.25) is 0 Å². The molecular formula is C4H8NO. The Morgan fingerprint density at radius 2 is 2.33 bits per heavy atom. The lowest BCUT2D eigenvalue weighted by Crippen LogP contribution is -2.38. The van der Waals surface area contributed by atoms with Crippen LogP contribution in [0.1, 0.15) is 0 Å². The van der Waals surface area contributed by atoms with E-state index in [9.17, 15) is 0 Å². The normalized spacial score (nSPS) is 23.5. The standard InChI is InChI=1S/C4H8NO/c6-3-4-1-5-2-4/h4,6H,1-3H2. The molecule has 1 fully saturated rings. The molecular weight excluding hydrogens is 78.0 g/mol. The molecule has 2 nitrogen and oxygen atoms in total. The summed E-state index contributed by atoms with van der Waals surface area (Å²) in [6.45, 7) is 2.09. The van der Waals surface area contributed by atoms with Gasteiger partial charge in [0.2, 0.25) is 0 Å². The van der Waals surface area contributed by atoms with Crippen LogP contribution in [-0.4, -0.2) is 24.8 Å². The zero-order chi connectivity index (χ0) is 4.41. The third kappa shape index (κ3) is 0.533. The van der Waals surface area contributed by atoms with Crippen molar-refractivity contribution in [3.8, 4) is 0 Å². The van der Waals surface area contributed by atoms with Crippen LogP contribution in [0.3, 0.4) is 0 Å². The second-order valence-electron chi connectivity index (χ2n) is 1.64. The third-order valence-corrected chi connectivity index (χ3v) is 1.03. The fourth-order valence-corrected chi connectivity index (χ4v) is 0.427. The van der Waals surface area contributed by atoms with Crippen molar-refractivity contribution in [2.24, 2.45) is 5.92 Å². The summed E-state index contributed by atoms with van der Waals surface area (Å²) >= 11 is 0. The zero-order valence-electron chi connectivity index (χ0n) is 3.59. The van der Waals surface area contributed by atoms with E-state index in [1.54, 1.807) is 0 Å². The van der Waals surface area contributed by atoms with E-state index in [0.717, 1.165) is 13.1 Å². The lowest BCUT2D eigenvalue weighted by atomic mass is 10.1. The molecule has 0 aliphatic carbocycles. The van der Waals surface area contributed by atoms with E-state index in [-0.39, 0.29) is 0 Å². The van der Waals surface area contributed by atoms with Gasteiger partial charge in [0.1, 0.15) is 0 Å². The topological polar surface area (TPSA) is 34.3 Å². The molecule has 0 amide bonds. The van der Waals surface area contributed by atoms with E-state index in [1.807, 2.05) is 0 Å². The second kappa shape index (κ2) is 1.58. The first-order valence-electron chi connectivity index (χ1n) is 2.17. The van der Waals surface area contributed by atoms with Gasteiger partial charge in [-0.15, -0.1) is 0 Å². The van der Waals surface area contributed by atoms with Gasteiger partial charge in [0.25, 0.3) is 0 Å². The molecule has 0 unspecified atom stereocenters. The Labute approximate surface area is 37.2 Å². The lowest BCUT2D eigenvalue weighted by molar-refractivity contribution is 0.177. The van der Waals surface area contributed by atoms with Crippen LogP contribution in [0, 0.1) is 5.92 Å². The van der Waals surface area contributed by atoms with Gasteiger partial charge in [0, 0.05) is 25.6 Å². The SMILES string of the molecule is OCC1C[N]C1. The maximum atomic E-state index is 8.33. The summed E-state index contributed by atoms with van der Waals surface area (Å²) in [5.41, 5.74) is 0. The number of aliphatic hydroxyl groups is 1. The molecule has 1 radical (unpaired) electrons. The molecule has 0 atom stereocenters. The van der Waals surface area contributed by atoms with E-state index in [4.69, 9.17) is 5.11 Å². The van der Waals surface area contributed by atoms with Gasteiger partial charge >= 0.3 is 0 Å². The average molecular weight is 86.1 g/mol. The van der Waals surface area contributed by atoms with Gasteiger partial charge in [0.15, 0.2) is 0 Å².